The second-order valence-electron chi connectivity index (χ2n) is 6.13. The molecule has 0 atom stereocenters. The summed E-state index contributed by atoms with van der Waals surface area (Å²) in [5.41, 5.74) is 6.01. The van der Waals surface area contributed by atoms with E-state index in [4.69, 9.17) is 4.42 Å². The first kappa shape index (κ1) is 14.8. The summed E-state index contributed by atoms with van der Waals surface area (Å²) in [5, 5.41) is 10.1. The summed E-state index contributed by atoms with van der Waals surface area (Å²) in [5.74, 6) is 1.02. The Labute approximate surface area is 140 Å². The molecule has 2 aromatic heterocycles. The van der Waals surface area contributed by atoms with Crippen molar-refractivity contribution in [2.45, 2.75) is 33.1 Å². The average molecular weight is 321 g/mol. The Morgan fingerprint density at radius 3 is 2.83 bits per heavy atom. The number of carbonyl (C=O) groups excluding carboxylic acids is 1. The Hall–Kier alpha value is -2.82. The topological polar surface area (TPSA) is 70.9 Å². The zero-order valence-corrected chi connectivity index (χ0v) is 13.8. The third-order valence-electron chi connectivity index (χ3n) is 4.64. The molecule has 0 spiro atoms. The lowest BCUT2D eigenvalue weighted by atomic mass is 9.93. The molecule has 2 N–H and O–H groups in total. The van der Waals surface area contributed by atoms with Gasteiger partial charge in [0, 0.05) is 23.2 Å². The molecule has 24 heavy (non-hydrogen) atoms. The molecule has 5 nitrogen and oxygen atoms in total. The van der Waals surface area contributed by atoms with Gasteiger partial charge in [-0.15, -0.1) is 0 Å². The maximum atomic E-state index is 12.6. The Balaban J connectivity index is 1.64. The maximum Gasteiger partial charge on any atom is 0.291 e. The van der Waals surface area contributed by atoms with Gasteiger partial charge in [0.1, 0.15) is 5.76 Å². The van der Waals surface area contributed by atoms with Crippen molar-refractivity contribution in [1.29, 1.82) is 0 Å². The van der Waals surface area contributed by atoms with Crippen molar-refractivity contribution >= 4 is 11.6 Å². The molecule has 1 aliphatic carbocycles. The standard InChI is InChI=1S/C19H19N3O2/c1-3-12-4-7-14(8-5-12)21-19(23)18-11(2)16-15(24-18)9-6-13-10-20-22-17(13)16/h4-5,7-8,10H,3,6,9H2,1-2H3,(H,20,22)(H,21,23). The van der Waals surface area contributed by atoms with Gasteiger partial charge in [-0.25, -0.2) is 0 Å². The number of benzene rings is 1. The van der Waals surface area contributed by atoms with Crippen LogP contribution in [0.15, 0.2) is 34.9 Å². The normalized spacial score (nSPS) is 12.6. The number of furan rings is 1. The van der Waals surface area contributed by atoms with Crippen LogP contribution >= 0.6 is 0 Å². The van der Waals surface area contributed by atoms with Crippen molar-refractivity contribution in [2.24, 2.45) is 0 Å². The number of aryl methyl sites for hydroxylation is 3. The number of hydrogen-bond donors (Lipinski definition) is 2. The van der Waals surface area contributed by atoms with Gasteiger partial charge in [0.15, 0.2) is 5.76 Å². The van der Waals surface area contributed by atoms with Crippen LogP contribution in [0.4, 0.5) is 5.69 Å². The lowest BCUT2D eigenvalue weighted by Crippen LogP contribution is -2.12. The summed E-state index contributed by atoms with van der Waals surface area (Å²) in [4.78, 5) is 12.6. The number of aromatic amines is 1. The van der Waals surface area contributed by atoms with Crippen LogP contribution in [0.1, 0.15) is 39.9 Å². The Morgan fingerprint density at radius 1 is 1.29 bits per heavy atom. The van der Waals surface area contributed by atoms with Gasteiger partial charge >= 0.3 is 0 Å². The summed E-state index contributed by atoms with van der Waals surface area (Å²) < 4.78 is 5.88. The third kappa shape index (κ3) is 2.33. The minimum Gasteiger partial charge on any atom is -0.455 e. The molecule has 2 heterocycles. The van der Waals surface area contributed by atoms with E-state index < -0.39 is 0 Å². The van der Waals surface area contributed by atoms with Crippen molar-refractivity contribution in [3.63, 3.8) is 0 Å². The Morgan fingerprint density at radius 2 is 2.08 bits per heavy atom. The van der Waals surface area contributed by atoms with Crippen LogP contribution in [0.25, 0.3) is 11.3 Å². The molecule has 4 rings (SSSR count). The number of hydrogen-bond acceptors (Lipinski definition) is 3. The molecule has 0 saturated heterocycles. The fourth-order valence-electron chi connectivity index (χ4n) is 3.27. The van der Waals surface area contributed by atoms with E-state index >= 15 is 0 Å². The highest BCUT2D eigenvalue weighted by molar-refractivity contribution is 6.04. The smallest absolute Gasteiger partial charge is 0.291 e. The number of H-pyrrole nitrogens is 1. The van der Waals surface area contributed by atoms with Gasteiger partial charge < -0.3 is 9.73 Å². The first-order valence-corrected chi connectivity index (χ1v) is 8.22. The summed E-state index contributed by atoms with van der Waals surface area (Å²) >= 11 is 0. The van der Waals surface area contributed by atoms with Crippen molar-refractivity contribution in [2.75, 3.05) is 5.32 Å². The molecular weight excluding hydrogens is 302 g/mol. The quantitative estimate of drug-likeness (QED) is 0.769. The number of aromatic nitrogens is 2. The number of amides is 1. The van der Waals surface area contributed by atoms with Crippen LogP contribution < -0.4 is 5.32 Å². The predicted molar refractivity (Wildman–Crippen MR) is 92.2 cm³/mol. The number of carbonyl (C=O) groups is 1. The maximum absolute atomic E-state index is 12.6. The molecule has 0 radical (unpaired) electrons. The van der Waals surface area contributed by atoms with E-state index in [1.165, 1.54) is 11.1 Å². The molecule has 3 aromatic rings. The lowest BCUT2D eigenvalue weighted by Gasteiger charge is -2.09. The van der Waals surface area contributed by atoms with Gasteiger partial charge in [-0.05, 0) is 43.0 Å². The summed E-state index contributed by atoms with van der Waals surface area (Å²) in [6.45, 7) is 4.03. The van der Waals surface area contributed by atoms with E-state index in [0.717, 1.165) is 47.5 Å². The van der Waals surface area contributed by atoms with Crippen LogP contribution in [0.2, 0.25) is 0 Å². The fourth-order valence-corrected chi connectivity index (χ4v) is 3.27. The van der Waals surface area contributed by atoms with E-state index in [-0.39, 0.29) is 5.91 Å². The lowest BCUT2D eigenvalue weighted by molar-refractivity contribution is 0.0994. The molecule has 0 saturated carbocycles. The minimum absolute atomic E-state index is 0.216. The molecular formula is C19H19N3O2. The third-order valence-corrected chi connectivity index (χ3v) is 4.64. The van der Waals surface area contributed by atoms with Crippen molar-refractivity contribution in [3.05, 3.63) is 58.7 Å². The zero-order valence-electron chi connectivity index (χ0n) is 13.8. The Kier molecular flexibility index (Phi) is 3.49. The minimum atomic E-state index is -0.216. The van der Waals surface area contributed by atoms with Crippen LogP contribution in [-0.4, -0.2) is 16.1 Å². The molecule has 0 fully saturated rings. The van der Waals surface area contributed by atoms with Gasteiger partial charge in [-0.2, -0.15) is 5.10 Å². The molecule has 5 heteroatoms. The average Bonchev–Trinajstić information content (AvgIpc) is 3.19. The van der Waals surface area contributed by atoms with Crippen LogP contribution in [0, 0.1) is 6.92 Å². The van der Waals surface area contributed by atoms with Gasteiger partial charge in [-0.1, -0.05) is 19.1 Å². The van der Waals surface area contributed by atoms with E-state index in [2.05, 4.69) is 22.4 Å². The summed E-state index contributed by atoms with van der Waals surface area (Å²) in [7, 11) is 0. The second kappa shape index (κ2) is 5.67. The van der Waals surface area contributed by atoms with Gasteiger partial charge in [0.05, 0.1) is 11.9 Å². The molecule has 0 unspecified atom stereocenters. The second-order valence-corrected chi connectivity index (χ2v) is 6.13. The molecule has 1 aromatic carbocycles. The highest BCUT2D eigenvalue weighted by Crippen LogP contribution is 2.37. The summed E-state index contributed by atoms with van der Waals surface area (Å²) in [6.07, 6.45) is 4.50. The van der Waals surface area contributed by atoms with Crippen molar-refractivity contribution in [3.8, 4) is 11.3 Å². The van der Waals surface area contributed by atoms with Gasteiger partial charge in [-0.3, -0.25) is 9.89 Å². The van der Waals surface area contributed by atoms with Crippen LogP contribution in [0.3, 0.4) is 0 Å². The predicted octanol–water partition coefficient (Wildman–Crippen LogP) is 3.89. The van der Waals surface area contributed by atoms with Gasteiger partial charge in [0.25, 0.3) is 5.91 Å². The first-order valence-electron chi connectivity index (χ1n) is 8.22. The van der Waals surface area contributed by atoms with E-state index in [9.17, 15) is 4.79 Å². The fraction of sp³-hybridized carbons (Fsp3) is 0.263. The summed E-state index contributed by atoms with van der Waals surface area (Å²) in [6, 6.07) is 7.88. The largest absolute Gasteiger partial charge is 0.455 e. The SMILES string of the molecule is CCc1ccc(NC(=O)c2oc3c(c2C)-c2[nH]ncc2CC3)cc1. The van der Waals surface area contributed by atoms with Gasteiger partial charge in [0.2, 0.25) is 0 Å². The van der Waals surface area contributed by atoms with E-state index in [0.29, 0.717) is 5.76 Å². The van der Waals surface area contributed by atoms with Crippen LogP contribution in [-0.2, 0) is 19.3 Å². The number of rotatable bonds is 3. The molecule has 1 amide bonds. The van der Waals surface area contributed by atoms with E-state index in [1.54, 1.807) is 0 Å². The molecule has 122 valence electrons. The number of anilines is 1. The molecule has 0 aliphatic heterocycles. The number of fused-ring (bicyclic) bond motifs is 3. The Bertz CT molecular complexity index is 903. The van der Waals surface area contributed by atoms with Crippen molar-refractivity contribution in [1.82, 2.24) is 10.2 Å². The highest BCUT2D eigenvalue weighted by Gasteiger charge is 2.28. The molecule has 1 aliphatic rings. The first-order chi connectivity index (χ1) is 11.7. The number of nitrogens with one attached hydrogen (secondary N) is 2. The molecule has 0 bridgehead atoms. The van der Waals surface area contributed by atoms with Crippen molar-refractivity contribution < 1.29 is 9.21 Å². The number of nitrogens with zero attached hydrogens (tertiary/aromatic N) is 1. The monoisotopic (exact) mass is 321 g/mol. The zero-order chi connectivity index (χ0) is 16.7. The van der Waals surface area contributed by atoms with E-state index in [1.807, 2.05) is 37.4 Å². The van der Waals surface area contributed by atoms with Crippen LogP contribution in [0.5, 0.6) is 0 Å². The highest BCUT2D eigenvalue weighted by atomic mass is 16.4.